The van der Waals surface area contributed by atoms with Gasteiger partial charge in [0.15, 0.2) is 5.96 Å². The van der Waals surface area contributed by atoms with E-state index in [1.807, 2.05) is 54.6 Å². The topological polar surface area (TPSA) is 152 Å². The van der Waals surface area contributed by atoms with Gasteiger partial charge < -0.3 is 26.4 Å². The van der Waals surface area contributed by atoms with Crippen LogP contribution in [0.1, 0.15) is 27.2 Å². The molecule has 0 bridgehead atoms. The molecule has 11 heteroatoms. The third-order valence-electron chi connectivity index (χ3n) is 5.82. The molecular weight excluding hydrogens is 472 g/mol. The fourth-order valence-corrected chi connectivity index (χ4v) is 3.88. The summed E-state index contributed by atoms with van der Waals surface area (Å²) >= 11 is 0. The minimum atomic E-state index is -0.620. The van der Waals surface area contributed by atoms with Crippen LogP contribution in [0.4, 0.5) is 10.7 Å². The van der Waals surface area contributed by atoms with E-state index in [1.165, 1.54) is 0 Å². The van der Waals surface area contributed by atoms with Crippen molar-refractivity contribution in [2.24, 2.45) is 16.5 Å². The van der Waals surface area contributed by atoms with Crippen molar-refractivity contribution in [3.05, 3.63) is 89.2 Å². The van der Waals surface area contributed by atoms with E-state index in [0.717, 1.165) is 43.9 Å². The number of rotatable bonds is 8. The van der Waals surface area contributed by atoms with E-state index < -0.39 is 6.03 Å². The number of aliphatic imine (C=N–C) groups is 1. The van der Waals surface area contributed by atoms with Crippen LogP contribution < -0.4 is 21.7 Å². The maximum Gasteiger partial charge on any atom is 0.344 e. The second-order valence-corrected chi connectivity index (χ2v) is 8.57. The van der Waals surface area contributed by atoms with Crippen LogP contribution in [-0.4, -0.2) is 59.0 Å². The fourth-order valence-electron chi connectivity index (χ4n) is 3.88. The summed E-state index contributed by atoms with van der Waals surface area (Å²) in [5, 5.41) is 2.59. The average molecular weight is 503 g/mol. The molecule has 1 aliphatic rings. The number of aromatic nitrogens is 2. The van der Waals surface area contributed by atoms with Crippen LogP contribution in [0, 0.1) is 0 Å². The summed E-state index contributed by atoms with van der Waals surface area (Å²) < 4.78 is 5.41. The molecule has 1 fully saturated rings. The third-order valence-corrected chi connectivity index (χ3v) is 5.82. The molecule has 37 heavy (non-hydrogen) atoms. The highest BCUT2D eigenvalue weighted by Gasteiger charge is 2.19. The number of piperazine rings is 1. The van der Waals surface area contributed by atoms with Gasteiger partial charge >= 0.3 is 12.0 Å². The molecule has 1 aliphatic heterocycles. The molecule has 11 nitrogen and oxygen atoms in total. The first kappa shape index (κ1) is 25.6. The van der Waals surface area contributed by atoms with Gasteiger partial charge in [-0.15, -0.1) is 0 Å². The van der Waals surface area contributed by atoms with Gasteiger partial charge in [0.25, 0.3) is 0 Å². The lowest BCUT2D eigenvalue weighted by Crippen LogP contribution is -2.46. The Morgan fingerprint density at radius 1 is 0.946 bits per heavy atom. The van der Waals surface area contributed by atoms with Gasteiger partial charge in [-0.3, -0.25) is 4.90 Å². The van der Waals surface area contributed by atoms with Crippen molar-refractivity contribution in [1.29, 1.82) is 0 Å². The fraction of sp³-hybridized carbons (Fsp3) is 0.269. The van der Waals surface area contributed by atoms with Crippen molar-refractivity contribution >= 4 is 23.9 Å². The van der Waals surface area contributed by atoms with Crippen molar-refractivity contribution in [1.82, 2.24) is 20.2 Å². The number of nitrogens with two attached hydrogens (primary N) is 2. The first-order chi connectivity index (χ1) is 18.0. The van der Waals surface area contributed by atoms with Crippen LogP contribution in [0.25, 0.3) is 0 Å². The second kappa shape index (κ2) is 12.5. The zero-order chi connectivity index (χ0) is 26.0. The summed E-state index contributed by atoms with van der Waals surface area (Å²) in [5.74, 6) is -0.00955. The van der Waals surface area contributed by atoms with Gasteiger partial charge in [0.2, 0.25) is 5.95 Å². The standard InChI is InChI=1S/C26H30N8O3/c27-24(28)32-26(36)30-16-22-10-11-29-25(31-22)34-14-12-33(13-15-34)17-19-6-8-21(9-7-19)23(35)37-18-20-4-2-1-3-5-20/h1-11H,12-18H2,(H5,27,28,30,32,36). The number of ether oxygens (including phenoxy) is 1. The second-order valence-electron chi connectivity index (χ2n) is 8.57. The Bertz CT molecular complexity index is 1220. The molecule has 4 rings (SSSR count). The van der Waals surface area contributed by atoms with E-state index in [2.05, 4.69) is 30.1 Å². The Labute approximate surface area is 215 Å². The van der Waals surface area contributed by atoms with Gasteiger partial charge in [0.1, 0.15) is 6.61 Å². The number of urea groups is 1. The largest absolute Gasteiger partial charge is 0.457 e. The zero-order valence-corrected chi connectivity index (χ0v) is 20.4. The van der Waals surface area contributed by atoms with Gasteiger partial charge in [-0.05, 0) is 29.3 Å². The summed E-state index contributed by atoms with van der Waals surface area (Å²) in [7, 11) is 0. The number of carbonyl (C=O) groups is 2. The van der Waals surface area contributed by atoms with Crippen molar-refractivity contribution in [3.8, 4) is 0 Å². The molecular formula is C26H30N8O3. The Morgan fingerprint density at radius 3 is 2.38 bits per heavy atom. The normalized spacial score (nSPS) is 13.6. The van der Waals surface area contributed by atoms with E-state index in [-0.39, 0.29) is 25.1 Å². The lowest BCUT2D eigenvalue weighted by molar-refractivity contribution is 0.0472. The quantitative estimate of drug-likeness (QED) is 0.237. The van der Waals surface area contributed by atoms with Crippen LogP contribution in [0.3, 0.4) is 0 Å². The first-order valence-electron chi connectivity index (χ1n) is 11.9. The molecule has 0 radical (unpaired) electrons. The number of carbonyl (C=O) groups excluding carboxylic acids is 2. The van der Waals surface area contributed by atoms with Crippen LogP contribution in [0.15, 0.2) is 71.9 Å². The Morgan fingerprint density at radius 2 is 1.68 bits per heavy atom. The Kier molecular flexibility index (Phi) is 8.61. The van der Waals surface area contributed by atoms with Gasteiger partial charge in [-0.1, -0.05) is 42.5 Å². The smallest absolute Gasteiger partial charge is 0.344 e. The number of esters is 1. The van der Waals surface area contributed by atoms with Crippen LogP contribution in [-0.2, 0) is 24.4 Å². The minimum Gasteiger partial charge on any atom is -0.457 e. The lowest BCUT2D eigenvalue weighted by Gasteiger charge is -2.34. The third kappa shape index (κ3) is 7.74. The van der Waals surface area contributed by atoms with Gasteiger partial charge in [-0.2, -0.15) is 4.99 Å². The zero-order valence-electron chi connectivity index (χ0n) is 20.4. The molecule has 1 aromatic heterocycles. The molecule has 0 aliphatic carbocycles. The van der Waals surface area contributed by atoms with E-state index in [1.54, 1.807) is 12.3 Å². The lowest BCUT2D eigenvalue weighted by atomic mass is 10.1. The molecule has 192 valence electrons. The number of anilines is 1. The van der Waals surface area contributed by atoms with Gasteiger partial charge in [-0.25, -0.2) is 19.6 Å². The molecule has 2 aromatic carbocycles. The molecule has 5 N–H and O–H groups in total. The minimum absolute atomic E-state index is 0.195. The Balaban J connectivity index is 1.23. The molecule has 1 saturated heterocycles. The molecule has 3 aromatic rings. The predicted molar refractivity (Wildman–Crippen MR) is 140 cm³/mol. The maximum atomic E-state index is 12.3. The number of hydrogen-bond acceptors (Lipinski definition) is 7. The maximum absolute atomic E-state index is 12.3. The van der Waals surface area contributed by atoms with Gasteiger partial charge in [0, 0.05) is 38.9 Å². The Hall–Kier alpha value is -4.51. The molecule has 2 amide bonds. The number of benzene rings is 2. The summed E-state index contributed by atoms with van der Waals surface area (Å²) in [5.41, 5.74) is 13.7. The van der Waals surface area contributed by atoms with Crippen molar-refractivity contribution in [2.75, 3.05) is 31.1 Å². The summed E-state index contributed by atoms with van der Waals surface area (Å²) in [4.78, 5) is 40.7. The highest BCUT2D eigenvalue weighted by molar-refractivity contribution is 5.90. The summed E-state index contributed by atoms with van der Waals surface area (Å²) in [6.45, 7) is 4.46. The number of nitrogens with zero attached hydrogens (tertiary/aromatic N) is 5. The van der Waals surface area contributed by atoms with E-state index >= 15 is 0 Å². The van der Waals surface area contributed by atoms with Crippen molar-refractivity contribution in [3.63, 3.8) is 0 Å². The summed E-state index contributed by atoms with van der Waals surface area (Å²) in [6.07, 6.45) is 1.67. The van der Waals surface area contributed by atoms with Crippen molar-refractivity contribution < 1.29 is 14.3 Å². The number of guanidine groups is 1. The molecule has 0 saturated carbocycles. The van der Waals surface area contributed by atoms with E-state index in [4.69, 9.17) is 16.2 Å². The van der Waals surface area contributed by atoms with E-state index in [0.29, 0.717) is 17.2 Å². The SMILES string of the molecule is NC(N)=NC(=O)NCc1ccnc(N2CCN(Cc3ccc(C(=O)OCc4ccccc4)cc3)CC2)n1. The van der Waals surface area contributed by atoms with Crippen LogP contribution in [0.2, 0.25) is 0 Å². The van der Waals surface area contributed by atoms with Crippen LogP contribution >= 0.6 is 0 Å². The highest BCUT2D eigenvalue weighted by atomic mass is 16.5. The first-order valence-corrected chi connectivity index (χ1v) is 11.9. The predicted octanol–water partition coefficient (Wildman–Crippen LogP) is 1.64. The highest BCUT2D eigenvalue weighted by Crippen LogP contribution is 2.15. The average Bonchev–Trinajstić information content (AvgIpc) is 2.92. The monoisotopic (exact) mass is 502 g/mol. The van der Waals surface area contributed by atoms with Crippen LogP contribution in [0.5, 0.6) is 0 Å². The number of hydrogen-bond donors (Lipinski definition) is 3. The molecule has 2 heterocycles. The molecule has 0 atom stereocenters. The van der Waals surface area contributed by atoms with E-state index in [9.17, 15) is 9.59 Å². The van der Waals surface area contributed by atoms with Gasteiger partial charge in [0.05, 0.1) is 17.8 Å². The molecule has 0 unspecified atom stereocenters. The number of nitrogens with one attached hydrogen (secondary N) is 1. The summed E-state index contributed by atoms with van der Waals surface area (Å²) in [6, 6.07) is 18.3. The molecule has 0 spiro atoms. The van der Waals surface area contributed by atoms with Crippen molar-refractivity contribution in [2.45, 2.75) is 19.7 Å². The number of amides is 2.